The zero-order valence-electron chi connectivity index (χ0n) is 16.7. The van der Waals surface area contributed by atoms with E-state index in [0.29, 0.717) is 17.6 Å². The first kappa shape index (κ1) is 21.5. The molecule has 0 aliphatic carbocycles. The maximum atomic E-state index is 12.2. The zero-order chi connectivity index (χ0) is 22.7. The lowest BCUT2D eigenvalue weighted by Gasteiger charge is -2.13. The lowest BCUT2D eigenvalue weighted by Crippen LogP contribution is -2.24. The van der Waals surface area contributed by atoms with Crippen molar-refractivity contribution in [2.75, 3.05) is 18.5 Å². The van der Waals surface area contributed by atoms with Crippen molar-refractivity contribution in [2.24, 2.45) is 0 Å². The molecule has 1 amide bonds. The Morgan fingerprint density at radius 2 is 2.09 bits per heavy atom. The number of imidazole rings is 1. The summed E-state index contributed by atoms with van der Waals surface area (Å²) in [6.45, 7) is -0.250. The third-order valence-corrected chi connectivity index (χ3v) is 5.04. The number of nitrogens with one attached hydrogen (secondary N) is 1. The minimum absolute atomic E-state index is 0.0102. The van der Waals surface area contributed by atoms with E-state index in [0.717, 1.165) is 5.56 Å². The predicted octanol–water partition coefficient (Wildman–Crippen LogP) is 1.17. The van der Waals surface area contributed by atoms with Crippen LogP contribution in [0.1, 0.15) is 18.2 Å². The number of hydrogen-bond acceptors (Lipinski definition) is 10. The molecule has 1 saturated heterocycles. The molecule has 1 aromatic carbocycles. The molecule has 1 aliphatic heterocycles. The highest BCUT2D eigenvalue weighted by Crippen LogP contribution is 2.31. The highest BCUT2D eigenvalue weighted by atomic mass is 16.6. The molecule has 0 bridgehead atoms. The normalized spacial score (nSPS) is 20.4. The Bertz CT molecular complexity index is 1120. The van der Waals surface area contributed by atoms with Crippen molar-refractivity contribution in [3.8, 4) is 0 Å². The van der Waals surface area contributed by atoms with Crippen molar-refractivity contribution < 1.29 is 29.4 Å². The first-order valence-corrected chi connectivity index (χ1v) is 9.75. The number of carbonyl (C=O) groups is 1. The average Bonchev–Trinajstić information content (AvgIpc) is 3.37. The van der Waals surface area contributed by atoms with E-state index in [2.05, 4.69) is 20.3 Å². The van der Waals surface area contributed by atoms with Crippen LogP contribution in [0.4, 0.5) is 16.3 Å². The Morgan fingerprint density at radius 1 is 1.31 bits per heavy atom. The standard InChI is InChI=1S/C19H20N6O7/c26-8-14-13(27)7-15(32-14)24-10-22-16-17(20-9-21-18(16)24)23-19(28)31-6-5-11-1-3-12(4-2-11)25(29)30/h1-4,9-10,13-15,26-27H,5-8H2,(H,20,21,23,28). The Balaban J connectivity index is 1.37. The van der Waals surface area contributed by atoms with E-state index in [-0.39, 0.29) is 31.1 Å². The van der Waals surface area contributed by atoms with Crippen LogP contribution in [-0.4, -0.2) is 66.2 Å². The number of fused-ring (bicyclic) bond motifs is 1. The van der Waals surface area contributed by atoms with Crippen LogP contribution in [-0.2, 0) is 15.9 Å². The summed E-state index contributed by atoms with van der Waals surface area (Å²) in [5.41, 5.74) is 1.47. The molecule has 3 unspecified atom stereocenters. The van der Waals surface area contributed by atoms with Gasteiger partial charge in [0.25, 0.3) is 5.69 Å². The highest BCUT2D eigenvalue weighted by molar-refractivity contribution is 5.93. The van der Waals surface area contributed by atoms with Crippen molar-refractivity contribution >= 4 is 28.8 Å². The molecule has 0 radical (unpaired) electrons. The number of nitro groups is 1. The van der Waals surface area contributed by atoms with Crippen LogP contribution < -0.4 is 5.32 Å². The topological polar surface area (TPSA) is 175 Å². The second-order valence-electron chi connectivity index (χ2n) is 7.10. The van der Waals surface area contributed by atoms with E-state index in [1.807, 2.05) is 0 Å². The molecular formula is C19H20N6O7. The third kappa shape index (κ3) is 4.49. The van der Waals surface area contributed by atoms with Gasteiger partial charge in [0.15, 0.2) is 17.0 Å². The zero-order valence-corrected chi connectivity index (χ0v) is 16.7. The van der Waals surface area contributed by atoms with Gasteiger partial charge < -0.3 is 19.7 Å². The number of non-ortho nitro benzene ring substituents is 1. The minimum Gasteiger partial charge on any atom is -0.449 e. The molecule has 3 atom stereocenters. The Kier molecular flexibility index (Phi) is 6.20. The lowest BCUT2D eigenvalue weighted by molar-refractivity contribution is -0.384. The van der Waals surface area contributed by atoms with Gasteiger partial charge in [-0.1, -0.05) is 12.1 Å². The molecule has 3 aromatic rings. The fourth-order valence-corrected chi connectivity index (χ4v) is 3.38. The molecule has 2 aromatic heterocycles. The quantitative estimate of drug-likeness (QED) is 0.354. The molecule has 13 nitrogen and oxygen atoms in total. The molecule has 168 valence electrons. The maximum absolute atomic E-state index is 12.2. The fourth-order valence-electron chi connectivity index (χ4n) is 3.38. The van der Waals surface area contributed by atoms with Gasteiger partial charge >= 0.3 is 6.09 Å². The number of aliphatic hydroxyl groups excluding tert-OH is 2. The van der Waals surface area contributed by atoms with Crippen LogP contribution in [0.25, 0.3) is 11.2 Å². The summed E-state index contributed by atoms with van der Waals surface area (Å²) in [5.74, 6) is 0.145. The molecule has 4 rings (SSSR count). The number of ether oxygens (including phenoxy) is 2. The molecule has 1 aliphatic rings. The van der Waals surface area contributed by atoms with E-state index >= 15 is 0 Å². The Labute approximate surface area is 180 Å². The summed E-state index contributed by atoms with van der Waals surface area (Å²) in [7, 11) is 0. The van der Waals surface area contributed by atoms with Gasteiger partial charge in [-0.15, -0.1) is 0 Å². The number of rotatable bonds is 7. The second kappa shape index (κ2) is 9.21. The predicted molar refractivity (Wildman–Crippen MR) is 109 cm³/mol. The number of benzene rings is 1. The van der Waals surface area contributed by atoms with E-state index in [9.17, 15) is 25.1 Å². The van der Waals surface area contributed by atoms with Gasteiger partial charge in [0.1, 0.15) is 18.7 Å². The number of anilines is 1. The van der Waals surface area contributed by atoms with E-state index in [1.165, 1.54) is 24.8 Å². The number of aliphatic hydroxyl groups is 2. The smallest absolute Gasteiger partial charge is 0.412 e. The average molecular weight is 444 g/mol. The van der Waals surface area contributed by atoms with Gasteiger partial charge in [-0.2, -0.15) is 0 Å². The molecule has 13 heteroatoms. The summed E-state index contributed by atoms with van der Waals surface area (Å²) in [6, 6.07) is 5.98. The SMILES string of the molecule is O=C(Nc1ncnc2c1ncn2C1CC(O)C(CO)O1)OCCc1ccc([N+](=O)[O-])cc1. The molecule has 3 N–H and O–H groups in total. The van der Waals surface area contributed by atoms with Gasteiger partial charge in [0, 0.05) is 25.0 Å². The minimum atomic E-state index is -0.812. The van der Waals surface area contributed by atoms with Gasteiger partial charge in [-0.3, -0.25) is 20.0 Å². The van der Waals surface area contributed by atoms with Gasteiger partial charge in [-0.05, 0) is 5.56 Å². The first-order valence-electron chi connectivity index (χ1n) is 9.75. The first-order chi connectivity index (χ1) is 15.5. The largest absolute Gasteiger partial charge is 0.449 e. The fraction of sp³-hybridized carbons (Fsp3) is 0.368. The molecule has 3 heterocycles. The number of nitrogens with zero attached hydrogens (tertiary/aromatic N) is 5. The van der Waals surface area contributed by atoms with Crippen molar-refractivity contribution in [1.29, 1.82) is 0 Å². The Hall–Kier alpha value is -3.68. The van der Waals surface area contributed by atoms with Crippen LogP contribution in [0.2, 0.25) is 0 Å². The van der Waals surface area contributed by atoms with Gasteiger partial charge in [0.2, 0.25) is 0 Å². The molecule has 0 saturated carbocycles. The number of amides is 1. The lowest BCUT2D eigenvalue weighted by atomic mass is 10.1. The summed E-state index contributed by atoms with van der Waals surface area (Å²) in [6.07, 6.45) is 0.539. The van der Waals surface area contributed by atoms with Crippen molar-refractivity contribution in [2.45, 2.75) is 31.3 Å². The van der Waals surface area contributed by atoms with Crippen molar-refractivity contribution in [3.63, 3.8) is 0 Å². The highest BCUT2D eigenvalue weighted by Gasteiger charge is 2.35. The summed E-state index contributed by atoms with van der Waals surface area (Å²) in [5, 5.41) is 32.4. The summed E-state index contributed by atoms with van der Waals surface area (Å²) < 4.78 is 12.4. The third-order valence-electron chi connectivity index (χ3n) is 5.04. The molecule has 32 heavy (non-hydrogen) atoms. The van der Waals surface area contributed by atoms with E-state index in [1.54, 1.807) is 16.7 Å². The van der Waals surface area contributed by atoms with Gasteiger partial charge in [0.05, 0.1) is 30.6 Å². The van der Waals surface area contributed by atoms with Crippen LogP contribution in [0.3, 0.4) is 0 Å². The Morgan fingerprint density at radius 3 is 2.78 bits per heavy atom. The molecule has 0 spiro atoms. The van der Waals surface area contributed by atoms with E-state index in [4.69, 9.17) is 9.47 Å². The van der Waals surface area contributed by atoms with Crippen molar-refractivity contribution in [3.05, 3.63) is 52.6 Å². The van der Waals surface area contributed by atoms with Crippen LogP contribution >= 0.6 is 0 Å². The molecule has 1 fully saturated rings. The van der Waals surface area contributed by atoms with Crippen molar-refractivity contribution in [1.82, 2.24) is 19.5 Å². The van der Waals surface area contributed by atoms with E-state index < -0.39 is 29.5 Å². The van der Waals surface area contributed by atoms with Crippen LogP contribution in [0.15, 0.2) is 36.9 Å². The number of hydrogen-bond donors (Lipinski definition) is 3. The maximum Gasteiger partial charge on any atom is 0.412 e. The second-order valence-corrected chi connectivity index (χ2v) is 7.10. The number of carbonyl (C=O) groups excluding carboxylic acids is 1. The number of nitro benzene ring substituents is 1. The van der Waals surface area contributed by atoms with Gasteiger partial charge in [-0.25, -0.2) is 19.7 Å². The summed E-state index contributed by atoms with van der Waals surface area (Å²) >= 11 is 0. The summed E-state index contributed by atoms with van der Waals surface area (Å²) in [4.78, 5) is 34.8. The van der Waals surface area contributed by atoms with Crippen LogP contribution in [0, 0.1) is 10.1 Å². The van der Waals surface area contributed by atoms with Crippen LogP contribution in [0.5, 0.6) is 0 Å². The molecular weight excluding hydrogens is 424 g/mol. The number of aromatic nitrogens is 4. The monoisotopic (exact) mass is 444 g/mol.